The molecule has 0 aliphatic carbocycles. The number of fused-ring (bicyclic) bond motifs is 1. The van der Waals surface area contributed by atoms with Gasteiger partial charge in [0.2, 0.25) is 5.91 Å². The van der Waals surface area contributed by atoms with E-state index in [1.54, 1.807) is 51.2 Å². The smallest absolute Gasteiger partial charge is 0.408 e. The zero-order chi connectivity index (χ0) is 25.9. The average molecular weight is 515 g/mol. The molecule has 10 nitrogen and oxygen atoms in total. The van der Waals surface area contributed by atoms with Crippen LogP contribution in [0.5, 0.6) is 0 Å². The number of hydrogen-bond donors (Lipinski definition) is 4. The summed E-state index contributed by atoms with van der Waals surface area (Å²) < 4.78 is 5.47. The molecule has 1 atom stereocenters. The number of aromatic amines is 1. The fourth-order valence-corrected chi connectivity index (χ4v) is 4.47. The van der Waals surface area contributed by atoms with Gasteiger partial charge in [-0.05, 0) is 57.4 Å². The number of nitrogens with zero attached hydrogens (tertiary/aromatic N) is 3. The Labute approximate surface area is 214 Å². The number of aliphatic hydroxyl groups excluding tert-OH is 1. The number of rotatable bonds is 6. The molecule has 36 heavy (non-hydrogen) atoms. The van der Waals surface area contributed by atoms with Crippen molar-refractivity contribution in [3.63, 3.8) is 0 Å². The minimum absolute atomic E-state index is 0.311. The van der Waals surface area contributed by atoms with Crippen LogP contribution in [0.4, 0.5) is 10.6 Å². The number of amides is 2. The van der Waals surface area contributed by atoms with Gasteiger partial charge in [0.25, 0.3) is 0 Å². The van der Waals surface area contributed by atoms with Crippen LogP contribution in [0.1, 0.15) is 45.2 Å². The number of halogens is 1. The summed E-state index contributed by atoms with van der Waals surface area (Å²) in [6.07, 6.45) is 3.26. The quantitative estimate of drug-likeness (QED) is 0.396. The van der Waals surface area contributed by atoms with Crippen molar-refractivity contribution in [2.45, 2.75) is 50.8 Å². The molecule has 1 unspecified atom stereocenters. The Bertz CT molecular complexity index is 1220. The van der Waals surface area contributed by atoms with Crippen molar-refractivity contribution in [2.24, 2.45) is 0 Å². The summed E-state index contributed by atoms with van der Waals surface area (Å²) in [5.41, 5.74) is -0.519. The fourth-order valence-electron chi connectivity index (χ4n) is 4.34. The van der Waals surface area contributed by atoms with E-state index in [0.717, 1.165) is 16.9 Å². The molecule has 192 valence electrons. The van der Waals surface area contributed by atoms with Gasteiger partial charge in [0, 0.05) is 24.3 Å². The Hall–Kier alpha value is -3.37. The Morgan fingerprint density at radius 2 is 1.89 bits per heavy atom. The fraction of sp³-hybridized carbons (Fsp3) is 0.440. The van der Waals surface area contributed by atoms with E-state index in [-0.39, 0.29) is 6.61 Å². The summed E-state index contributed by atoms with van der Waals surface area (Å²) >= 11 is 5.99. The number of alkyl carbamates (subject to hydrolysis) is 1. The molecule has 1 saturated heterocycles. The minimum Gasteiger partial charge on any atom is -0.444 e. The van der Waals surface area contributed by atoms with Gasteiger partial charge in [0.05, 0.1) is 18.0 Å². The Morgan fingerprint density at radius 1 is 1.19 bits per heavy atom. The molecular weight excluding hydrogens is 484 g/mol. The van der Waals surface area contributed by atoms with Gasteiger partial charge in [0.15, 0.2) is 0 Å². The largest absolute Gasteiger partial charge is 0.444 e. The highest BCUT2D eigenvalue weighted by Crippen LogP contribution is 2.30. The first-order valence-corrected chi connectivity index (χ1v) is 12.2. The predicted molar refractivity (Wildman–Crippen MR) is 137 cm³/mol. The van der Waals surface area contributed by atoms with E-state index in [9.17, 15) is 14.7 Å². The highest BCUT2D eigenvalue weighted by Gasteiger charge is 2.44. The standard InChI is InChI=1S/C25H31ClN6O4/c1-24(2,3)36-23(35)31-25(22(34)30-19(14-33)16-4-6-17(26)7-5-16)9-12-32(13-10-25)21-18-8-11-27-20(18)28-15-29-21/h4-8,11,15,19,33H,9-10,12-14H2,1-3H3,(H,30,34)(H,31,35)(H,27,28,29). The number of piperidine rings is 1. The summed E-state index contributed by atoms with van der Waals surface area (Å²) in [7, 11) is 0. The summed E-state index contributed by atoms with van der Waals surface area (Å²) in [6.45, 7) is 5.91. The van der Waals surface area contributed by atoms with Gasteiger partial charge >= 0.3 is 6.09 Å². The first-order chi connectivity index (χ1) is 17.1. The lowest BCUT2D eigenvalue weighted by atomic mass is 9.85. The number of hydrogen-bond acceptors (Lipinski definition) is 7. The van der Waals surface area contributed by atoms with E-state index in [1.807, 2.05) is 6.07 Å². The van der Waals surface area contributed by atoms with Crippen molar-refractivity contribution >= 4 is 40.5 Å². The third-order valence-corrected chi connectivity index (χ3v) is 6.44. The molecule has 11 heteroatoms. The number of H-pyrrole nitrogens is 1. The van der Waals surface area contributed by atoms with Gasteiger partial charge in [0.1, 0.15) is 28.9 Å². The lowest BCUT2D eigenvalue weighted by molar-refractivity contribution is -0.129. The number of aliphatic hydroxyl groups is 1. The van der Waals surface area contributed by atoms with Crippen LogP contribution in [0.15, 0.2) is 42.9 Å². The molecule has 1 aliphatic heterocycles. The van der Waals surface area contributed by atoms with E-state index >= 15 is 0 Å². The van der Waals surface area contributed by atoms with Crippen LogP contribution in [-0.2, 0) is 9.53 Å². The summed E-state index contributed by atoms with van der Waals surface area (Å²) in [4.78, 5) is 40.3. The third-order valence-electron chi connectivity index (χ3n) is 6.18. The van der Waals surface area contributed by atoms with Crippen molar-refractivity contribution < 1.29 is 19.4 Å². The highest BCUT2D eigenvalue weighted by molar-refractivity contribution is 6.30. The zero-order valence-electron chi connectivity index (χ0n) is 20.5. The molecule has 0 radical (unpaired) electrons. The molecule has 1 aliphatic rings. The topological polar surface area (TPSA) is 132 Å². The second-order valence-electron chi connectivity index (χ2n) is 9.89. The van der Waals surface area contributed by atoms with E-state index < -0.39 is 29.2 Å². The summed E-state index contributed by atoms with van der Waals surface area (Å²) in [6, 6.07) is 8.14. The predicted octanol–water partition coefficient (Wildman–Crippen LogP) is 3.32. The normalized spacial score (nSPS) is 16.4. The van der Waals surface area contributed by atoms with Gasteiger partial charge in [-0.2, -0.15) is 0 Å². The molecule has 3 heterocycles. The molecule has 0 bridgehead atoms. The molecule has 3 aromatic rings. The molecular formula is C25H31ClN6O4. The molecule has 4 N–H and O–H groups in total. The first kappa shape index (κ1) is 25.7. The molecule has 2 aromatic heterocycles. The van der Waals surface area contributed by atoms with Crippen molar-refractivity contribution in [3.05, 3.63) is 53.4 Å². The maximum Gasteiger partial charge on any atom is 0.408 e. The SMILES string of the molecule is CC(C)(C)OC(=O)NC1(C(=O)NC(CO)c2ccc(Cl)cc2)CCN(c2ncnc3[nH]ccc23)CC1. The number of benzene rings is 1. The van der Waals surface area contributed by atoms with Crippen LogP contribution in [0.25, 0.3) is 11.0 Å². The summed E-state index contributed by atoms with van der Waals surface area (Å²) in [5.74, 6) is 0.374. The van der Waals surface area contributed by atoms with Crippen molar-refractivity contribution in [1.82, 2.24) is 25.6 Å². The number of carbonyl (C=O) groups excluding carboxylic acids is 2. The number of anilines is 1. The van der Waals surface area contributed by atoms with E-state index in [4.69, 9.17) is 16.3 Å². The van der Waals surface area contributed by atoms with Crippen LogP contribution < -0.4 is 15.5 Å². The summed E-state index contributed by atoms with van der Waals surface area (Å²) in [5, 5.41) is 17.2. The average Bonchev–Trinajstić information content (AvgIpc) is 3.31. The van der Waals surface area contributed by atoms with E-state index in [1.165, 1.54) is 6.33 Å². The van der Waals surface area contributed by atoms with Crippen LogP contribution in [0.2, 0.25) is 5.02 Å². The lowest BCUT2D eigenvalue weighted by Gasteiger charge is -2.42. The molecule has 4 rings (SSSR count). The highest BCUT2D eigenvalue weighted by atomic mass is 35.5. The van der Waals surface area contributed by atoms with Gasteiger partial charge < -0.3 is 30.4 Å². The molecule has 0 spiro atoms. The lowest BCUT2D eigenvalue weighted by Crippen LogP contribution is -2.64. The van der Waals surface area contributed by atoms with Crippen LogP contribution in [0.3, 0.4) is 0 Å². The number of aromatic nitrogens is 3. The Balaban J connectivity index is 1.56. The number of ether oxygens (including phenoxy) is 1. The molecule has 2 amide bonds. The van der Waals surface area contributed by atoms with Crippen molar-refractivity contribution in [3.8, 4) is 0 Å². The maximum absolute atomic E-state index is 13.7. The molecule has 0 saturated carbocycles. The van der Waals surface area contributed by atoms with Crippen LogP contribution in [-0.4, -0.2) is 62.9 Å². The van der Waals surface area contributed by atoms with Crippen molar-refractivity contribution in [1.29, 1.82) is 0 Å². The first-order valence-electron chi connectivity index (χ1n) is 11.8. The molecule has 1 aromatic carbocycles. The Morgan fingerprint density at radius 3 is 2.53 bits per heavy atom. The third kappa shape index (κ3) is 5.71. The maximum atomic E-state index is 13.7. The van der Waals surface area contributed by atoms with Gasteiger partial charge in [-0.1, -0.05) is 23.7 Å². The van der Waals surface area contributed by atoms with Gasteiger partial charge in [-0.3, -0.25) is 4.79 Å². The number of nitrogens with one attached hydrogen (secondary N) is 3. The van der Waals surface area contributed by atoms with E-state index in [0.29, 0.717) is 36.5 Å². The van der Waals surface area contributed by atoms with Crippen LogP contribution >= 0.6 is 11.6 Å². The minimum atomic E-state index is -1.23. The monoisotopic (exact) mass is 514 g/mol. The van der Waals surface area contributed by atoms with E-state index in [2.05, 4.69) is 30.5 Å². The Kier molecular flexibility index (Phi) is 7.37. The second kappa shape index (κ2) is 10.3. The zero-order valence-corrected chi connectivity index (χ0v) is 21.3. The van der Waals surface area contributed by atoms with Crippen molar-refractivity contribution in [2.75, 3.05) is 24.6 Å². The second-order valence-corrected chi connectivity index (χ2v) is 10.3. The van der Waals surface area contributed by atoms with Gasteiger partial charge in [-0.25, -0.2) is 14.8 Å². The van der Waals surface area contributed by atoms with Crippen LogP contribution in [0, 0.1) is 0 Å². The number of carbonyl (C=O) groups is 2. The molecule has 1 fully saturated rings. The van der Waals surface area contributed by atoms with Gasteiger partial charge in [-0.15, -0.1) is 0 Å².